The van der Waals surface area contributed by atoms with E-state index in [4.69, 9.17) is 4.74 Å². The molecule has 28 heavy (non-hydrogen) atoms. The van der Waals surface area contributed by atoms with Crippen LogP contribution in [0, 0.1) is 0 Å². The van der Waals surface area contributed by atoms with Crippen LogP contribution >= 0.6 is 0 Å². The minimum atomic E-state index is -0.306. The lowest BCUT2D eigenvalue weighted by molar-refractivity contribution is 0.0548. The van der Waals surface area contributed by atoms with Crippen molar-refractivity contribution >= 4 is 23.4 Å². The molecule has 6 nitrogen and oxygen atoms in total. The molecule has 2 aromatic rings. The molecule has 0 unspecified atom stereocenters. The Bertz CT molecular complexity index is 947. The Morgan fingerprint density at radius 1 is 1.00 bits per heavy atom. The van der Waals surface area contributed by atoms with Crippen LogP contribution in [-0.4, -0.2) is 35.8 Å². The molecule has 1 fully saturated rings. The summed E-state index contributed by atoms with van der Waals surface area (Å²) in [6, 6.07) is 11.7. The van der Waals surface area contributed by atoms with Gasteiger partial charge >= 0.3 is 0 Å². The van der Waals surface area contributed by atoms with Crippen LogP contribution in [0.2, 0.25) is 0 Å². The number of fused-ring (bicyclic) bond motifs is 1. The van der Waals surface area contributed by atoms with E-state index in [-0.39, 0.29) is 23.8 Å². The fourth-order valence-corrected chi connectivity index (χ4v) is 3.98. The van der Waals surface area contributed by atoms with Crippen LogP contribution in [0.3, 0.4) is 0 Å². The van der Waals surface area contributed by atoms with Crippen LogP contribution < -0.4 is 10.1 Å². The quantitative estimate of drug-likeness (QED) is 0.820. The first kappa shape index (κ1) is 18.2. The number of hydrogen-bond donors (Lipinski definition) is 1. The summed E-state index contributed by atoms with van der Waals surface area (Å²) < 4.78 is 5.14. The number of nitrogens with zero attached hydrogens (tertiary/aromatic N) is 1. The number of ether oxygens (including phenoxy) is 1. The average Bonchev–Trinajstić information content (AvgIpc) is 2.98. The Balaban J connectivity index is 1.55. The van der Waals surface area contributed by atoms with Gasteiger partial charge in [-0.15, -0.1) is 0 Å². The number of amides is 3. The van der Waals surface area contributed by atoms with Crippen LogP contribution in [0.4, 0.5) is 5.69 Å². The standard InChI is InChI=1S/C22H22N2O4/c1-28-17-9-5-6-14(12-17)20(25)23-15-10-11-18-19(13-15)22(27)24(21(18)26)16-7-3-2-4-8-16/h5-6,9-13,16H,2-4,7-8H2,1H3,(H,23,25). The van der Waals surface area contributed by atoms with Gasteiger partial charge in [-0.25, -0.2) is 0 Å². The van der Waals surface area contributed by atoms with Gasteiger partial charge in [0.2, 0.25) is 0 Å². The van der Waals surface area contributed by atoms with Crippen molar-refractivity contribution in [3.05, 3.63) is 59.2 Å². The Morgan fingerprint density at radius 2 is 1.75 bits per heavy atom. The van der Waals surface area contributed by atoms with Gasteiger partial charge in [0.25, 0.3) is 17.7 Å². The predicted octanol–water partition coefficient (Wildman–Crippen LogP) is 3.88. The number of hydrogen-bond acceptors (Lipinski definition) is 4. The first-order chi connectivity index (χ1) is 13.6. The van der Waals surface area contributed by atoms with Crippen molar-refractivity contribution in [2.75, 3.05) is 12.4 Å². The highest BCUT2D eigenvalue weighted by Gasteiger charge is 2.40. The number of nitrogens with one attached hydrogen (secondary N) is 1. The van der Waals surface area contributed by atoms with Crippen LogP contribution in [0.25, 0.3) is 0 Å². The SMILES string of the molecule is COc1cccc(C(=O)Nc2ccc3c(c2)C(=O)N(C2CCCCC2)C3=O)c1. The second-order valence-corrected chi connectivity index (χ2v) is 7.22. The van der Waals surface area contributed by atoms with E-state index in [1.807, 2.05) is 0 Å². The topological polar surface area (TPSA) is 75.7 Å². The zero-order valence-electron chi connectivity index (χ0n) is 15.7. The summed E-state index contributed by atoms with van der Waals surface area (Å²) in [4.78, 5) is 39.5. The summed E-state index contributed by atoms with van der Waals surface area (Å²) in [5.74, 6) is -0.202. The molecular weight excluding hydrogens is 356 g/mol. The van der Waals surface area contributed by atoms with Gasteiger partial charge in [0, 0.05) is 17.3 Å². The lowest BCUT2D eigenvalue weighted by Crippen LogP contribution is -2.40. The van der Waals surface area contributed by atoms with Crippen LogP contribution in [0.1, 0.15) is 63.2 Å². The molecular formula is C22H22N2O4. The van der Waals surface area contributed by atoms with Gasteiger partial charge in [0.05, 0.1) is 18.2 Å². The average molecular weight is 378 g/mol. The first-order valence-corrected chi connectivity index (χ1v) is 9.56. The third kappa shape index (κ3) is 3.26. The van der Waals surface area contributed by atoms with E-state index in [2.05, 4.69) is 5.32 Å². The van der Waals surface area contributed by atoms with E-state index in [0.717, 1.165) is 32.1 Å². The molecule has 0 aromatic heterocycles. The smallest absolute Gasteiger partial charge is 0.261 e. The third-order valence-corrected chi connectivity index (χ3v) is 5.45. The molecule has 4 rings (SSSR count). The van der Waals surface area contributed by atoms with Gasteiger partial charge in [-0.1, -0.05) is 25.3 Å². The molecule has 6 heteroatoms. The summed E-state index contributed by atoms with van der Waals surface area (Å²) in [5.41, 5.74) is 1.71. The highest BCUT2D eigenvalue weighted by molar-refractivity contribution is 6.22. The van der Waals surface area contributed by atoms with Crippen LogP contribution in [-0.2, 0) is 0 Å². The second-order valence-electron chi connectivity index (χ2n) is 7.22. The van der Waals surface area contributed by atoms with Crippen molar-refractivity contribution in [2.45, 2.75) is 38.1 Å². The van der Waals surface area contributed by atoms with Gasteiger partial charge in [-0.3, -0.25) is 19.3 Å². The molecule has 1 N–H and O–H groups in total. The normalized spacial score (nSPS) is 16.8. The molecule has 0 bridgehead atoms. The summed E-state index contributed by atoms with van der Waals surface area (Å²) in [6.45, 7) is 0. The van der Waals surface area contributed by atoms with Gasteiger partial charge in [0.1, 0.15) is 5.75 Å². The van der Waals surface area contributed by atoms with Gasteiger partial charge < -0.3 is 10.1 Å². The zero-order valence-corrected chi connectivity index (χ0v) is 15.7. The Morgan fingerprint density at radius 3 is 2.50 bits per heavy atom. The molecule has 1 saturated carbocycles. The Labute approximate surface area is 163 Å². The molecule has 0 saturated heterocycles. The number of carbonyl (C=O) groups excluding carboxylic acids is 3. The highest BCUT2D eigenvalue weighted by atomic mass is 16.5. The molecule has 2 aliphatic rings. The van der Waals surface area contributed by atoms with E-state index in [0.29, 0.717) is 28.1 Å². The lowest BCUT2D eigenvalue weighted by Gasteiger charge is -2.29. The van der Waals surface area contributed by atoms with Crippen molar-refractivity contribution in [3.8, 4) is 5.75 Å². The predicted molar refractivity (Wildman–Crippen MR) is 105 cm³/mol. The largest absolute Gasteiger partial charge is 0.497 e. The molecule has 3 amide bonds. The lowest BCUT2D eigenvalue weighted by atomic mass is 9.94. The summed E-state index contributed by atoms with van der Waals surface area (Å²) in [6.07, 6.45) is 4.97. The number of carbonyl (C=O) groups is 3. The van der Waals surface area contributed by atoms with Crippen molar-refractivity contribution in [2.24, 2.45) is 0 Å². The number of rotatable bonds is 4. The maximum Gasteiger partial charge on any atom is 0.261 e. The Hall–Kier alpha value is -3.15. The van der Waals surface area contributed by atoms with E-state index in [1.54, 1.807) is 42.5 Å². The zero-order chi connectivity index (χ0) is 19.7. The molecule has 144 valence electrons. The minimum Gasteiger partial charge on any atom is -0.497 e. The summed E-state index contributed by atoms with van der Waals surface area (Å²) >= 11 is 0. The van der Waals surface area contributed by atoms with E-state index < -0.39 is 0 Å². The number of methoxy groups -OCH3 is 1. The molecule has 1 heterocycles. The first-order valence-electron chi connectivity index (χ1n) is 9.56. The van der Waals surface area contributed by atoms with Crippen molar-refractivity contribution in [3.63, 3.8) is 0 Å². The Kier molecular flexibility index (Phi) is 4.86. The van der Waals surface area contributed by atoms with Gasteiger partial charge in [-0.2, -0.15) is 0 Å². The van der Waals surface area contributed by atoms with Crippen LogP contribution in [0.15, 0.2) is 42.5 Å². The van der Waals surface area contributed by atoms with E-state index in [1.165, 1.54) is 12.0 Å². The maximum atomic E-state index is 12.9. The fraction of sp³-hybridized carbons (Fsp3) is 0.318. The minimum absolute atomic E-state index is 0.0176. The maximum absolute atomic E-state index is 12.9. The monoisotopic (exact) mass is 378 g/mol. The molecule has 0 spiro atoms. The number of anilines is 1. The van der Waals surface area contributed by atoms with E-state index >= 15 is 0 Å². The van der Waals surface area contributed by atoms with Crippen molar-refractivity contribution in [1.29, 1.82) is 0 Å². The molecule has 2 aromatic carbocycles. The molecule has 1 aliphatic carbocycles. The number of imide groups is 1. The number of benzene rings is 2. The van der Waals surface area contributed by atoms with Crippen molar-refractivity contribution < 1.29 is 19.1 Å². The molecule has 0 atom stereocenters. The van der Waals surface area contributed by atoms with Crippen molar-refractivity contribution in [1.82, 2.24) is 4.90 Å². The third-order valence-electron chi connectivity index (χ3n) is 5.45. The highest BCUT2D eigenvalue weighted by Crippen LogP contribution is 2.32. The summed E-state index contributed by atoms with van der Waals surface area (Å²) in [7, 11) is 1.54. The van der Waals surface area contributed by atoms with Gasteiger partial charge in [-0.05, 0) is 49.2 Å². The fourth-order valence-electron chi connectivity index (χ4n) is 3.98. The van der Waals surface area contributed by atoms with Crippen LogP contribution in [0.5, 0.6) is 5.75 Å². The molecule has 1 aliphatic heterocycles. The van der Waals surface area contributed by atoms with Gasteiger partial charge in [0.15, 0.2) is 0 Å². The molecule has 0 radical (unpaired) electrons. The second kappa shape index (κ2) is 7.46. The summed E-state index contributed by atoms with van der Waals surface area (Å²) in [5, 5.41) is 2.79. The van der Waals surface area contributed by atoms with E-state index in [9.17, 15) is 14.4 Å².